The summed E-state index contributed by atoms with van der Waals surface area (Å²) in [7, 11) is 1.57. The summed E-state index contributed by atoms with van der Waals surface area (Å²) in [6.45, 7) is 4.09. The molecule has 0 aliphatic heterocycles. The third kappa shape index (κ3) is 2.18. The molecule has 0 unspecified atom stereocenters. The van der Waals surface area contributed by atoms with Crippen LogP contribution in [-0.4, -0.2) is 23.1 Å². The van der Waals surface area contributed by atoms with Crippen LogP contribution in [0.25, 0.3) is 0 Å². The summed E-state index contributed by atoms with van der Waals surface area (Å²) in [5.74, 6) is 2.18. The first-order valence-corrected chi connectivity index (χ1v) is 5.59. The number of aromatic nitrogens is 2. The quantitative estimate of drug-likeness (QED) is 0.812. The van der Waals surface area contributed by atoms with Crippen molar-refractivity contribution in [2.75, 3.05) is 18.2 Å². The average Bonchev–Trinajstić information content (AvgIpc) is 3.04. The van der Waals surface area contributed by atoms with Gasteiger partial charge in [-0.2, -0.15) is 4.98 Å². The molecular weight excluding hydrogens is 204 g/mol. The van der Waals surface area contributed by atoms with E-state index >= 15 is 0 Å². The van der Waals surface area contributed by atoms with Crippen LogP contribution >= 0.6 is 0 Å². The number of nitrogen functional groups attached to an aromatic ring is 1. The number of nitrogens with zero attached hydrogens (tertiary/aromatic N) is 2. The molecule has 0 amide bonds. The summed E-state index contributed by atoms with van der Waals surface area (Å²) >= 11 is 0. The van der Waals surface area contributed by atoms with E-state index < -0.39 is 0 Å². The average molecular weight is 222 g/mol. The monoisotopic (exact) mass is 222 g/mol. The van der Waals surface area contributed by atoms with E-state index in [-0.39, 0.29) is 5.92 Å². The molecule has 16 heavy (non-hydrogen) atoms. The maximum atomic E-state index is 5.93. The summed E-state index contributed by atoms with van der Waals surface area (Å²) in [6, 6.07) is 0.516. The molecular formula is C11H18N4O. The highest BCUT2D eigenvalue weighted by molar-refractivity contribution is 5.67. The number of anilines is 2. The number of hydrogen-bond acceptors (Lipinski definition) is 5. The number of nitrogens with two attached hydrogens (primary N) is 1. The molecule has 1 aliphatic carbocycles. The molecule has 1 aliphatic rings. The number of methoxy groups -OCH3 is 1. The van der Waals surface area contributed by atoms with Crippen LogP contribution < -0.4 is 15.8 Å². The molecule has 0 saturated heterocycles. The summed E-state index contributed by atoms with van der Waals surface area (Å²) in [4.78, 5) is 8.71. The van der Waals surface area contributed by atoms with Crippen LogP contribution in [0, 0.1) is 0 Å². The molecule has 1 aromatic heterocycles. The first-order valence-electron chi connectivity index (χ1n) is 5.59. The lowest BCUT2D eigenvalue weighted by Gasteiger charge is -2.13. The van der Waals surface area contributed by atoms with Gasteiger partial charge in [0.2, 0.25) is 5.88 Å². The number of ether oxygens (including phenoxy) is 1. The van der Waals surface area contributed by atoms with Crippen molar-refractivity contribution < 1.29 is 4.74 Å². The van der Waals surface area contributed by atoms with Crippen LogP contribution in [0.3, 0.4) is 0 Å². The van der Waals surface area contributed by atoms with E-state index in [0.717, 1.165) is 5.82 Å². The fourth-order valence-corrected chi connectivity index (χ4v) is 1.41. The Bertz CT molecular complexity index is 388. The van der Waals surface area contributed by atoms with Crippen molar-refractivity contribution in [3.05, 3.63) is 5.82 Å². The summed E-state index contributed by atoms with van der Waals surface area (Å²) in [6.07, 6.45) is 2.37. The Morgan fingerprint density at radius 2 is 2.06 bits per heavy atom. The minimum Gasteiger partial charge on any atom is -0.479 e. The van der Waals surface area contributed by atoms with Crippen molar-refractivity contribution in [1.82, 2.24) is 9.97 Å². The third-order valence-electron chi connectivity index (χ3n) is 2.56. The molecule has 5 heteroatoms. The molecule has 1 fully saturated rings. The lowest BCUT2D eigenvalue weighted by atomic mass is 10.2. The predicted octanol–water partition coefficient (Wildman–Crippen LogP) is 1.77. The first kappa shape index (κ1) is 11.0. The maximum Gasteiger partial charge on any atom is 0.242 e. The minimum atomic E-state index is 0.259. The van der Waals surface area contributed by atoms with Crippen molar-refractivity contribution in [1.29, 1.82) is 0 Å². The zero-order valence-electron chi connectivity index (χ0n) is 9.95. The van der Waals surface area contributed by atoms with Crippen molar-refractivity contribution in [3.63, 3.8) is 0 Å². The lowest BCUT2D eigenvalue weighted by molar-refractivity contribution is 0.396. The smallest absolute Gasteiger partial charge is 0.242 e. The summed E-state index contributed by atoms with van der Waals surface area (Å²) in [5.41, 5.74) is 6.43. The van der Waals surface area contributed by atoms with E-state index in [9.17, 15) is 0 Å². The van der Waals surface area contributed by atoms with Crippen LogP contribution in [0.1, 0.15) is 38.4 Å². The third-order valence-corrected chi connectivity index (χ3v) is 2.56. The highest BCUT2D eigenvalue weighted by atomic mass is 16.5. The minimum absolute atomic E-state index is 0.259. The molecule has 3 N–H and O–H groups in total. The highest BCUT2D eigenvalue weighted by Gasteiger charge is 2.24. The highest BCUT2D eigenvalue weighted by Crippen LogP contribution is 2.32. The molecule has 1 aromatic rings. The van der Waals surface area contributed by atoms with Gasteiger partial charge in [0.15, 0.2) is 5.82 Å². The Hall–Kier alpha value is -1.52. The molecule has 0 atom stereocenters. The zero-order chi connectivity index (χ0) is 11.7. The van der Waals surface area contributed by atoms with Gasteiger partial charge in [0, 0.05) is 12.0 Å². The van der Waals surface area contributed by atoms with Gasteiger partial charge < -0.3 is 15.8 Å². The normalized spacial score (nSPS) is 15.2. The van der Waals surface area contributed by atoms with Gasteiger partial charge in [0.1, 0.15) is 11.5 Å². The van der Waals surface area contributed by atoms with E-state index in [0.29, 0.717) is 23.4 Å². The molecule has 5 nitrogen and oxygen atoms in total. The van der Waals surface area contributed by atoms with E-state index in [1.807, 2.05) is 13.8 Å². The van der Waals surface area contributed by atoms with E-state index in [1.165, 1.54) is 12.8 Å². The summed E-state index contributed by atoms with van der Waals surface area (Å²) in [5, 5.41) is 3.30. The lowest BCUT2D eigenvalue weighted by Crippen LogP contribution is -2.11. The fourth-order valence-electron chi connectivity index (χ4n) is 1.41. The van der Waals surface area contributed by atoms with Gasteiger partial charge in [-0.15, -0.1) is 0 Å². The SMILES string of the molecule is COc1nc(C(C)C)nc(NC2CC2)c1N. The van der Waals surface area contributed by atoms with Gasteiger partial charge in [0.05, 0.1) is 7.11 Å². The van der Waals surface area contributed by atoms with Gasteiger partial charge in [-0.25, -0.2) is 4.98 Å². The van der Waals surface area contributed by atoms with Crippen molar-refractivity contribution >= 4 is 11.5 Å². The number of rotatable bonds is 4. The molecule has 0 radical (unpaired) electrons. The second-order valence-electron chi connectivity index (χ2n) is 4.43. The Morgan fingerprint density at radius 3 is 2.56 bits per heavy atom. The topological polar surface area (TPSA) is 73.1 Å². The van der Waals surface area contributed by atoms with Crippen molar-refractivity contribution in [3.8, 4) is 5.88 Å². The molecule has 0 bridgehead atoms. The standard InChI is InChI=1S/C11H18N4O/c1-6(2)9-14-10(13-7-4-5-7)8(12)11(15-9)16-3/h6-7H,4-5,12H2,1-3H3,(H,13,14,15). The Kier molecular flexibility index (Phi) is 2.85. The maximum absolute atomic E-state index is 5.93. The van der Waals surface area contributed by atoms with Crippen LogP contribution in [0.4, 0.5) is 11.5 Å². The molecule has 1 heterocycles. The molecule has 2 rings (SSSR count). The first-order chi connectivity index (χ1) is 7.61. The van der Waals surface area contributed by atoms with Gasteiger partial charge >= 0.3 is 0 Å². The molecule has 0 spiro atoms. The Morgan fingerprint density at radius 1 is 1.38 bits per heavy atom. The predicted molar refractivity (Wildman–Crippen MR) is 63.7 cm³/mol. The van der Waals surface area contributed by atoms with E-state index in [4.69, 9.17) is 10.5 Å². The van der Waals surface area contributed by atoms with E-state index in [1.54, 1.807) is 7.11 Å². The number of nitrogens with one attached hydrogen (secondary N) is 1. The second kappa shape index (κ2) is 4.15. The van der Waals surface area contributed by atoms with Crippen LogP contribution in [0.5, 0.6) is 5.88 Å². The van der Waals surface area contributed by atoms with Gasteiger partial charge in [0.25, 0.3) is 0 Å². The second-order valence-corrected chi connectivity index (χ2v) is 4.43. The van der Waals surface area contributed by atoms with Gasteiger partial charge in [-0.05, 0) is 12.8 Å². The van der Waals surface area contributed by atoms with Crippen molar-refractivity contribution in [2.45, 2.75) is 38.6 Å². The Balaban J connectivity index is 2.35. The van der Waals surface area contributed by atoms with Gasteiger partial charge in [-0.3, -0.25) is 0 Å². The Labute approximate surface area is 95.4 Å². The molecule has 0 aromatic carbocycles. The number of hydrogen-bond donors (Lipinski definition) is 2. The zero-order valence-corrected chi connectivity index (χ0v) is 9.95. The van der Waals surface area contributed by atoms with Crippen LogP contribution in [0.2, 0.25) is 0 Å². The van der Waals surface area contributed by atoms with E-state index in [2.05, 4.69) is 15.3 Å². The molecule has 1 saturated carbocycles. The molecule has 88 valence electrons. The summed E-state index contributed by atoms with van der Waals surface area (Å²) < 4.78 is 5.16. The van der Waals surface area contributed by atoms with Crippen LogP contribution in [-0.2, 0) is 0 Å². The van der Waals surface area contributed by atoms with Crippen molar-refractivity contribution in [2.24, 2.45) is 0 Å². The van der Waals surface area contributed by atoms with Gasteiger partial charge in [-0.1, -0.05) is 13.8 Å². The largest absolute Gasteiger partial charge is 0.479 e. The fraction of sp³-hybridized carbons (Fsp3) is 0.636. The van der Waals surface area contributed by atoms with Crippen LogP contribution in [0.15, 0.2) is 0 Å².